The normalized spacial score (nSPS) is 12.3. The Kier molecular flexibility index (Phi) is 12.2. The van der Waals surface area contributed by atoms with E-state index in [9.17, 15) is 0 Å². The van der Waals surface area contributed by atoms with Crippen molar-refractivity contribution in [1.82, 2.24) is 30.3 Å². The van der Waals surface area contributed by atoms with Crippen LogP contribution in [0.2, 0.25) is 0 Å². The number of aliphatic imine (C=N–C) groups is 1. The Morgan fingerprint density at radius 2 is 1.90 bits per heavy atom. The summed E-state index contributed by atoms with van der Waals surface area (Å²) < 4.78 is 12.9. The molecule has 10 heteroatoms. The summed E-state index contributed by atoms with van der Waals surface area (Å²) in [6.45, 7) is 7.05. The SMILES string of the molecule is CCNC(=NCC(c1ccc(OC)c(OC)c1)N(C)C)NCCn1cnnc1CC.I. The first-order valence-electron chi connectivity index (χ1n) is 10.3. The Bertz CT molecular complexity index is 811. The molecule has 0 fully saturated rings. The number of aromatic nitrogens is 3. The average molecular weight is 545 g/mol. The summed E-state index contributed by atoms with van der Waals surface area (Å²) in [5.74, 6) is 3.21. The van der Waals surface area contributed by atoms with E-state index in [2.05, 4.69) is 64.3 Å². The number of halogens is 1. The van der Waals surface area contributed by atoms with Gasteiger partial charge in [-0.05, 0) is 38.7 Å². The third-order valence-electron chi connectivity index (χ3n) is 4.84. The smallest absolute Gasteiger partial charge is 0.191 e. The van der Waals surface area contributed by atoms with Crippen LogP contribution in [0.25, 0.3) is 0 Å². The molecule has 0 saturated carbocycles. The molecule has 1 atom stereocenters. The molecule has 1 aromatic heterocycles. The van der Waals surface area contributed by atoms with E-state index in [1.807, 2.05) is 12.1 Å². The van der Waals surface area contributed by atoms with Crippen molar-refractivity contribution >= 4 is 29.9 Å². The Labute approximate surface area is 202 Å². The molecule has 1 heterocycles. The molecule has 31 heavy (non-hydrogen) atoms. The van der Waals surface area contributed by atoms with Crippen molar-refractivity contribution < 1.29 is 9.47 Å². The van der Waals surface area contributed by atoms with Crippen LogP contribution in [-0.2, 0) is 13.0 Å². The van der Waals surface area contributed by atoms with Gasteiger partial charge in [0.25, 0.3) is 0 Å². The van der Waals surface area contributed by atoms with Crippen molar-refractivity contribution in [3.8, 4) is 11.5 Å². The minimum Gasteiger partial charge on any atom is -0.493 e. The quantitative estimate of drug-likeness (QED) is 0.255. The predicted octanol–water partition coefficient (Wildman–Crippen LogP) is 2.33. The van der Waals surface area contributed by atoms with Crippen LogP contribution >= 0.6 is 24.0 Å². The second-order valence-electron chi connectivity index (χ2n) is 7.03. The van der Waals surface area contributed by atoms with Crippen LogP contribution in [0.1, 0.15) is 31.3 Å². The summed E-state index contributed by atoms with van der Waals surface area (Å²) in [7, 11) is 7.39. The molecular formula is C21H36IN7O2. The zero-order chi connectivity index (χ0) is 21.9. The fourth-order valence-electron chi connectivity index (χ4n) is 3.18. The Balaban J connectivity index is 0.00000480. The van der Waals surface area contributed by atoms with Crippen LogP contribution in [0.4, 0.5) is 0 Å². The molecular weight excluding hydrogens is 509 g/mol. The van der Waals surface area contributed by atoms with Crippen LogP contribution in [0.3, 0.4) is 0 Å². The number of ether oxygens (including phenoxy) is 2. The summed E-state index contributed by atoms with van der Waals surface area (Å²) in [5, 5.41) is 14.8. The number of rotatable bonds is 11. The van der Waals surface area contributed by atoms with Gasteiger partial charge in [0.1, 0.15) is 12.2 Å². The lowest BCUT2D eigenvalue weighted by atomic mass is 10.1. The van der Waals surface area contributed by atoms with Crippen LogP contribution in [0.5, 0.6) is 11.5 Å². The van der Waals surface area contributed by atoms with Crippen LogP contribution in [0, 0.1) is 0 Å². The third-order valence-corrected chi connectivity index (χ3v) is 4.84. The van der Waals surface area contributed by atoms with E-state index in [-0.39, 0.29) is 30.0 Å². The summed E-state index contributed by atoms with van der Waals surface area (Å²) in [6.07, 6.45) is 2.63. The van der Waals surface area contributed by atoms with Gasteiger partial charge in [0, 0.05) is 26.1 Å². The van der Waals surface area contributed by atoms with Gasteiger partial charge in [0.2, 0.25) is 0 Å². The zero-order valence-corrected chi connectivity index (χ0v) is 21.7. The van der Waals surface area contributed by atoms with Gasteiger partial charge < -0.3 is 29.6 Å². The molecule has 2 rings (SSSR count). The van der Waals surface area contributed by atoms with E-state index >= 15 is 0 Å². The Morgan fingerprint density at radius 1 is 1.16 bits per heavy atom. The highest BCUT2D eigenvalue weighted by Crippen LogP contribution is 2.31. The van der Waals surface area contributed by atoms with Gasteiger partial charge >= 0.3 is 0 Å². The monoisotopic (exact) mass is 545 g/mol. The van der Waals surface area contributed by atoms with Gasteiger partial charge in [0.05, 0.1) is 26.8 Å². The third kappa shape index (κ3) is 7.84. The maximum atomic E-state index is 5.46. The van der Waals surface area contributed by atoms with E-state index in [1.165, 1.54) is 0 Å². The van der Waals surface area contributed by atoms with E-state index in [0.29, 0.717) is 6.54 Å². The zero-order valence-electron chi connectivity index (χ0n) is 19.4. The minimum absolute atomic E-state index is 0. The first-order valence-corrected chi connectivity index (χ1v) is 10.3. The average Bonchev–Trinajstić information content (AvgIpc) is 3.20. The molecule has 9 nitrogen and oxygen atoms in total. The highest BCUT2D eigenvalue weighted by molar-refractivity contribution is 14.0. The molecule has 0 aliphatic carbocycles. The molecule has 0 aliphatic heterocycles. The predicted molar refractivity (Wildman–Crippen MR) is 135 cm³/mol. The molecule has 0 spiro atoms. The number of nitrogens with one attached hydrogen (secondary N) is 2. The van der Waals surface area contributed by atoms with Crippen LogP contribution < -0.4 is 20.1 Å². The Hall–Kier alpha value is -2.08. The lowest BCUT2D eigenvalue weighted by Gasteiger charge is -2.24. The minimum atomic E-state index is 0. The lowest BCUT2D eigenvalue weighted by Crippen LogP contribution is -2.39. The van der Waals surface area contributed by atoms with Gasteiger partial charge in [-0.3, -0.25) is 4.99 Å². The maximum absolute atomic E-state index is 5.46. The van der Waals surface area contributed by atoms with E-state index in [1.54, 1.807) is 20.5 Å². The summed E-state index contributed by atoms with van der Waals surface area (Å²) in [5.41, 5.74) is 1.12. The number of benzene rings is 1. The number of guanidine groups is 1. The number of methoxy groups -OCH3 is 2. The van der Waals surface area contributed by atoms with Crippen molar-refractivity contribution in [3.63, 3.8) is 0 Å². The first-order chi connectivity index (χ1) is 14.5. The van der Waals surface area contributed by atoms with Gasteiger partial charge in [-0.1, -0.05) is 13.0 Å². The largest absolute Gasteiger partial charge is 0.493 e. The molecule has 174 valence electrons. The highest BCUT2D eigenvalue weighted by Gasteiger charge is 2.17. The van der Waals surface area contributed by atoms with Crippen LogP contribution in [0.15, 0.2) is 29.5 Å². The summed E-state index contributed by atoms with van der Waals surface area (Å²) in [4.78, 5) is 6.96. The second-order valence-corrected chi connectivity index (χ2v) is 7.03. The molecule has 0 bridgehead atoms. The molecule has 0 saturated heterocycles. The van der Waals surface area contributed by atoms with Crippen molar-refractivity contribution in [1.29, 1.82) is 0 Å². The molecule has 0 amide bonds. The van der Waals surface area contributed by atoms with Gasteiger partial charge in [-0.2, -0.15) is 0 Å². The number of nitrogens with zero attached hydrogens (tertiary/aromatic N) is 5. The number of hydrogen-bond acceptors (Lipinski definition) is 6. The Morgan fingerprint density at radius 3 is 2.52 bits per heavy atom. The second kappa shape index (κ2) is 14.1. The topological polar surface area (TPSA) is 88.8 Å². The van der Waals surface area contributed by atoms with Crippen molar-refractivity contribution in [2.75, 3.05) is 47.9 Å². The van der Waals surface area contributed by atoms with E-state index < -0.39 is 0 Å². The standard InChI is InChI=1S/C21H35N7O2.HI/c1-7-20-26-25-15-28(20)12-11-23-21(22-8-2)24-14-17(27(3)4)16-9-10-18(29-5)19(13-16)30-6;/h9-10,13,15,17H,7-8,11-12,14H2,1-6H3,(H2,22,23,24);1H. The van der Waals surface area contributed by atoms with E-state index in [4.69, 9.17) is 14.5 Å². The number of hydrogen-bond donors (Lipinski definition) is 2. The number of aryl methyl sites for hydroxylation is 1. The fraction of sp³-hybridized carbons (Fsp3) is 0.571. The van der Waals surface area contributed by atoms with Gasteiger partial charge in [0.15, 0.2) is 17.5 Å². The highest BCUT2D eigenvalue weighted by atomic mass is 127. The first kappa shape index (κ1) is 27.0. The molecule has 0 aliphatic rings. The van der Waals surface area contributed by atoms with Crippen molar-refractivity contribution in [2.45, 2.75) is 32.9 Å². The molecule has 0 radical (unpaired) electrons. The van der Waals surface area contributed by atoms with Crippen molar-refractivity contribution in [3.05, 3.63) is 35.9 Å². The van der Waals surface area contributed by atoms with E-state index in [0.717, 1.165) is 54.9 Å². The van der Waals surface area contributed by atoms with Crippen LogP contribution in [-0.4, -0.2) is 73.6 Å². The molecule has 1 aromatic carbocycles. The summed E-state index contributed by atoms with van der Waals surface area (Å²) >= 11 is 0. The molecule has 2 N–H and O–H groups in total. The molecule has 2 aromatic rings. The lowest BCUT2D eigenvalue weighted by molar-refractivity contribution is 0.303. The van der Waals surface area contributed by atoms with Gasteiger partial charge in [-0.25, -0.2) is 0 Å². The van der Waals surface area contributed by atoms with Crippen molar-refractivity contribution in [2.24, 2.45) is 4.99 Å². The fourth-order valence-corrected chi connectivity index (χ4v) is 3.18. The molecule has 1 unspecified atom stereocenters. The van der Waals surface area contributed by atoms with Gasteiger partial charge in [-0.15, -0.1) is 34.2 Å². The summed E-state index contributed by atoms with van der Waals surface area (Å²) in [6, 6.07) is 6.10. The number of likely N-dealkylation sites (N-methyl/N-ethyl adjacent to an activating group) is 1. The maximum Gasteiger partial charge on any atom is 0.191 e.